The van der Waals surface area contributed by atoms with Gasteiger partial charge >= 0.3 is 0 Å². The van der Waals surface area contributed by atoms with Crippen LogP contribution in [0.25, 0.3) is 0 Å². The third-order valence-electron chi connectivity index (χ3n) is 8.35. The molecule has 2 fully saturated rings. The van der Waals surface area contributed by atoms with Crippen LogP contribution in [0.5, 0.6) is 5.75 Å². The van der Waals surface area contributed by atoms with E-state index in [4.69, 9.17) is 4.74 Å². The van der Waals surface area contributed by atoms with E-state index in [2.05, 4.69) is 24.5 Å². The van der Waals surface area contributed by atoms with Crippen molar-refractivity contribution in [3.63, 3.8) is 0 Å². The van der Waals surface area contributed by atoms with Gasteiger partial charge < -0.3 is 20.5 Å². The second-order valence-electron chi connectivity index (χ2n) is 11.3. The van der Waals surface area contributed by atoms with E-state index in [9.17, 15) is 14.7 Å². The fourth-order valence-electron chi connectivity index (χ4n) is 6.45. The molecule has 4 rings (SSSR count). The van der Waals surface area contributed by atoms with Crippen molar-refractivity contribution in [2.75, 3.05) is 7.11 Å². The van der Waals surface area contributed by atoms with E-state index in [-0.39, 0.29) is 34.6 Å². The minimum atomic E-state index is -0.714. The van der Waals surface area contributed by atoms with Crippen LogP contribution in [0.2, 0.25) is 0 Å². The quantitative estimate of drug-likeness (QED) is 0.482. The van der Waals surface area contributed by atoms with E-state index in [1.807, 2.05) is 48.7 Å². The van der Waals surface area contributed by atoms with Crippen LogP contribution < -0.4 is 15.4 Å². The molecule has 35 heavy (non-hydrogen) atoms. The minimum Gasteiger partial charge on any atom is -0.497 e. The molecule has 0 spiro atoms. The SMILES string of the molecule is COc1ccc(CNC(=O)CC[C@]23CC[C@](C)(O)C[C@H]2C(C)(C)C[C@@H]3NC(=O)c2cccs2)cc1. The molecule has 2 aliphatic carbocycles. The van der Waals surface area contributed by atoms with Crippen molar-refractivity contribution in [1.82, 2.24) is 10.6 Å². The Morgan fingerprint density at radius 2 is 1.86 bits per heavy atom. The average molecular weight is 499 g/mol. The van der Waals surface area contributed by atoms with Crippen molar-refractivity contribution in [2.45, 2.75) is 77.5 Å². The number of nitrogens with one attached hydrogen (secondary N) is 2. The first kappa shape index (κ1) is 25.7. The topological polar surface area (TPSA) is 87.7 Å². The molecule has 1 aromatic heterocycles. The molecule has 0 unspecified atom stereocenters. The number of ether oxygens (including phenoxy) is 1. The Kier molecular flexibility index (Phi) is 7.30. The normalized spacial score (nSPS) is 29.3. The molecule has 6 nitrogen and oxygen atoms in total. The maximum Gasteiger partial charge on any atom is 0.261 e. The smallest absolute Gasteiger partial charge is 0.261 e. The molecule has 4 atom stereocenters. The molecule has 190 valence electrons. The number of thiophene rings is 1. The molecule has 0 radical (unpaired) electrons. The number of hydrogen-bond donors (Lipinski definition) is 3. The molecular formula is C28H38N2O4S. The number of rotatable bonds is 8. The standard InChI is InChI=1S/C28H38N2O4S/c1-26(2)17-23(30-25(32)21-6-5-15-35-21)28(14-13-27(3,33)16-22(26)28)12-11-24(31)29-18-19-7-9-20(34-4)10-8-19/h5-10,15,22-23,33H,11-14,16-18H2,1-4H3,(H,29,31)(H,30,32)/t22-,23-,27-,28-/m0/s1. The van der Waals surface area contributed by atoms with Crippen LogP contribution in [0.3, 0.4) is 0 Å². The van der Waals surface area contributed by atoms with Crippen LogP contribution >= 0.6 is 11.3 Å². The molecule has 2 aromatic rings. The first-order valence-electron chi connectivity index (χ1n) is 12.5. The Hall–Kier alpha value is -2.38. The summed E-state index contributed by atoms with van der Waals surface area (Å²) in [6, 6.07) is 11.4. The molecule has 2 saturated carbocycles. The van der Waals surface area contributed by atoms with Gasteiger partial charge in [0.25, 0.3) is 5.91 Å². The summed E-state index contributed by atoms with van der Waals surface area (Å²) < 4.78 is 5.20. The van der Waals surface area contributed by atoms with Crippen molar-refractivity contribution in [3.05, 3.63) is 52.2 Å². The number of aliphatic hydroxyl groups is 1. The van der Waals surface area contributed by atoms with E-state index in [1.165, 1.54) is 11.3 Å². The number of hydrogen-bond acceptors (Lipinski definition) is 5. The Balaban J connectivity index is 1.48. The molecule has 2 amide bonds. The molecule has 0 aliphatic heterocycles. The summed E-state index contributed by atoms with van der Waals surface area (Å²) in [4.78, 5) is 26.6. The van der Waals surface area contributed by atoms with Gasteiger partial charge in [-0.2, -0.15) is 0 Å². The van der Waals surface area contributed by atoms with Crippen molar-refractivity contribution in [2.24, 2.45) is 16.7 Å². The van der Waals surface area contributed by atoms with Gasteiger partial charge in [0.05, 0.1) is 17.6 Å². The van der Waals surface area contributed by atoms with Crippen LogP contribution in [-0.2, 0) is 11.3 Å². The number of carbonyl (C=O) groups is 2. The fourth-order valence-corrected chi connectivity index (χ4v) is 7.08. The maximum atomic E-state index is 13.0. The molecular weight excluding hydrogens is 460 g/mol. The molecule has 3 N–H and O–H groups in total. The highest BCUT2D eigenvalue weighted by molar-refractivity contribution is 7.12. The Labute approximate surface area is 212 Å². The van der Waals surface area contributed by atoms with Crippen LogP contribution in [-0.4, -0.2) is 35.7 Å². The first-order valence-corrected chi connectivity index (χ1v) is 13.4. The van der Waals surface area contributed by atoms with Crippen LogP contribution in [0, 0.1) is 16.7 Å². The largest absolute Gasteiger partial charge is 0.497 e. The van der Waals surface area contributed by atoms with Crippen LogP contribution in [0.1, 0.15) is 74.5 Å². The van der Waals surface area contributed by atoms with Gasteiger partial charge in [-0.25, -0.2) is 0 Å². The predicted molar refractivity (Wildman–Crippen MR) is 138 cm³/mol. The Bertz CT molecular complexity index is 1030. The van der Waals surface area contributed by atoms with E-state index >= 15 is 0 Å². The van der Waals surface area contributed by atoms with Gasteiger partial charge in [-0.15, -0.1) is 11.3 Å². The van der Waals surface area contributed by atoms with E-state index in [1.54, 1.807) is 7.11 Å². The summed E-state index contributed by atoms with van der Waals surface area (Å²) in [5.41, 5.74) is 0.0503. The summed E-state index contributed by atoms with van der Waals surface area (Å²) in [5, 5.41) is 19.2. The van der Waals surface area contributed by atoms with E-state index in [0.717, 1.165) is 24.2 Å². The highest BCUT2D eigenvalue weighted by Gasteiger charge is 2.61. The third kappa shape index (κ3) is 5.56. The average Bonchev–Trinajstić information content (AvgIpc) is 3.43. The van der Waals surface area contributed by atoms with Gasteiger partial charge in [-0.3, -0.25) is 9.59 Å². The molecule has 1 heterocycles. The molecule has 0 saturated heterocycles. The first-order chi connectivity index (χ1) is 16.5. The van der Waals surface area contributed by atoms with Crippen molar-refractivity contribution < 1.29 is 19.4 Å². The highest BCUT2D eigenvalue weighted by atomic mass is 32.1. The lowest BCUT2D eigenvalue weighted by molar-refractivity contribution is -0.123. The second kappa shape index (κ2) is 9.94. The lowest BCUT2D eigenvalue weighted by atomic mass is 9.57. The lowest BCUT2D eigenvalue weighted by Crippen LogP contribution is -2.52. The van der Waals surface area contributed by atoms with Crippen LogP contribution in [0.4, 0.5) is 0 Å². The van der Waals surface area contributed by atoms with Gasteiger partial charge in [-0.1, -0.05) is 32.0 Å². The summed E-state index contributed by atoms with van der Waals surface area (Å²) in [6.07, 6.45) is 4.11. The zero-order chi connectivity index (χ0) is 25.3. The minimum absolute atomic E-state index is 0.0133. The number of carbonyl (C=O) groups excluding carboxylic acids is 2. The monoisotopic (exact) mass is 498 g/mol. The molecule has 1 aromatic carbocycles. The van der Waals surface area contributed by atoms with Gasteiger partial charge in [0, 0.05) is 19.0 Å². The lowest BCUT2D eigenvalue weighted by Gasteiger charge is -2.50. The van der Waals surface area contributed by atoms with E-state index < -0.39 is 5.60 Å². The van der Waals surface area contributed by atoms with Crippen molar-refractivity contribution >= 4 is 23.2 Å². The second-order valence-corrected chi connectivity index (χ2v) is 12.3. The summed E-state index contributed by atoms with van der Waals surface area (Å²) >= 11 is 1.44. The van der Waals surface area contributed by atoms with E-state index in [0.29, 0.717) is 37.1 Å². The Morgan fingerprint density at radius 1 is 1.11 bits per heavy atom. The van der Waals surface area contributed by atoms with Gasteiger partial charge in [0.15, 0.2) is 0 Å². The highest BCUT2D eigenvalue weighted by Crippen LogP contribution is 2.63. The fraction of sp³-hybridized carbons (Fsp3) is 0.571. The zero-order valence-electron chi connectivity index (χ0n) is 21.2. The zero-order valence-corrected chi connectivity index (χ0v) is 22.0. The third-order valence-corrected chi connectivity index (χ3v) is 9.22. The Morgan fingerprint density at radius 3 is 2.51 bits per heavy atom. The van der Waals surface area contributed by atoms with Gasteiger partial charge in [0.1, 0.15) is 5.75 Å². The predicted octanol–water partition coefficient (Wildman–Crippen LogP) is 4.92. The van der Waals surface area contributed by atoms with Crippen molar-refractivity contribution in [1.29, 1.82) is 0 Å². The number of fused-ring (bicyclic) bond motifs is 1. The van der Waals surface area contributed by atoms with Gasteiger partial charge in [-0.05, 0) is 84.9 Å². The molecule has 7 heteroatoms. The number of methoxy groups -OCH3 is 1. The number of benzene rings is 1. The van der Waals surface area contributed by atoms with Crippen LogP contribution in [0.15, 0.2) is 41.8 Å². The molecule has 0 bridgehead atoms. The van der Waals surface area contributed by atoms with Crippen molar-refractivity contribution in [3.8, 4) is 5.75 Å². The molecule has 2 aliphatic rings. The number of amides is 2. The van der Waals surface area contributed by atoms with Gasteiger partial charge in [0.2, 0.25) is 5.91 Å². The summed E-state index contributed by atoms with van der Waals surface area (Å²) in [7, 11) is 1.63. The maximum absolute atomic E-state index is 13.0. The summed E-state index contributed by atoms with van der Waals surface area (Å²) in [6.45, 7) is 6.88. The summed E-state index contributed by atoms with van der Waals surface area (Å²) in [5.74, 6) is 0.987.